The zero-order valence-corrected chi connectivity index (χ0v) is 17.0. The van der Waals surface area contributed by atoms with Gasteiger partial charge in [0.25, 0.3) is 0 Å². The van der Waals surface area contributed by atoms with E-state index >= 15 is 0 Å². The van der Waals surface area contributed by atoms with E-state index in [9.17, 15) is 4.79 Å². The first kappa shape index (κ1) is 19.2. The third-order valence-electron chi connectivity index (χ3n) is 4.96. The van der Waals surface area contributed by atoms with Gasteiger partial charge in [-0.1, -0.05) is 11.6 Å². The summed E-state index contributed by atoms with van der Waals surface area (Å²) in [6, 6.07) is 5.38. The van der Waals surface area contributed by atoms with Crippen molar-refractivity contribution in [1.29, 1.82) is 0 Å². The van der Waals surface area contributed by atoms with Crippen LogP contribution in [-0.4, -0.2) is 58.0 Å². The molecule has 1 saturated heterocycles. The first-order valence-electron chi connectivity index (χ1n) is 9.51. The average Bonchev–Trinajstić information content (AvgIpc) is 3.03. The molecule has 3 atom stereocenters. The Morgan fingerprint density at radius 2 is 2.18 bits per heavy atom. The van der Waals surface area contributed by atoms with Crippen molar-refractivity contribution in [3.63, 3.8) is 0 Å². The van der Waals surface area contributed by atoms with Gasteiger partial charge in [0.05, 0.1) is 23.6 Å². The van der Waals surface area contributed by atoms with Crippen molar-refractivity contribution in [3.05, 3.63) is 29.5 Å². The first-order valence-corrected chi connectivity index (χ1v) is 9.89. The third-order valence-corrected chi connectivity index (χ3v) is 5.15. The second-order valence-electron chi connectivity index (χ2n) is 8.13. The van der Waals surface area contributed by atoms with Crippen LogP contribution in [0.25, 0.3) is 10.9 Å². The molecule has 3 heterocycles. The van der Waals surface area contributed by atoms with Crippen LogP contribution in [0.1, 0.15) is 33.6 Å². The van der Waals surface area contributed by atoms with Gasteiger partial charge in [0.15, 0.2) is 0 Å². The molecule has 1 aliphatic carbocycles. The Labute approximate surface area is 168 Å². The second-order valence-corrected chi connectivity index (χ2v) is 8.52. The fourth-order valence-corrected chi connectivity index (χ4v) is 4.02. The predicted octanol–water partition coefficient (Wildman–Crippen LogP) is 3.83. The zero-order chi connectivity index (χ0) is 19.9. The van der Waals surface area contributed by atoms with Crippen LogP contribution >= 0.6 is 11.6 Å². The minimum absolute atomic E-state index is 0.0721. The Hall–Kier alpha value is -2.12. The normalized spacial score (nSPS) is 24.9. The van der Waals surface area contributed by atoms with Crippen LogP contribution in [0, 0.1) is 0 Å². The molecule has 1 saturated carbocycles. The number of halogens is 1. The summed E-state index contributed by atoms with van der Waals surface area (Å²) in [7, 11) is 0. The fourth-order valence-electron chi connectivity index (χ4n) is 3.84. The van der Waals surface area contributed by atoms with Gasteiger partial charge in [-0.05, 0) is 45.7 Å². The highest BCUT2D eigenvalue weighted by Crippen LogP contribution is 2.35. The maximum Gasteiger partial charge on any atom is 0.410 e. The van der Waals surface area contributed by atoms with Gasteiger partial charge in [0.1, 0.15) is 23.0 Å². The van der Waals surface area contributed by atoms with Crippen molar-refractivity contribution in [2.24, 2.45) is 0 Å². The molecule has 0 radical (unpaired) electrons. The van der Waals surface area contributed by atoms with Crippen molar-refractivity contribution in [1.82, 2.24) is 14.9 Å². The number of hydrogen-bond acceptors (Lipinski definition) is 6. The minimum atomic E-state index is -0.532. The molecule has 8 heteroatoms. The number of fused-ring (bicyclic) bond motifs is 2. The molecule has 0 spiro atoms. The van der Waals surface area contributed by atoms with Gasteiger partial charge in [0, 0.05) is 18.8 Å². The van der Waals surface area contributed by atoms with Gasteiger partial charge in [-0.2, -0.15) is 0 Å². The minimum Gasteiger partial charge on any atom is -0.471 e. The predicted molar refractivity (Wildman–Crippen MR) is 105 cm³/mol. The fraction of sp³-hybridized carbons (Fsp3) is 0.550. The molecule has 2 fully saturated rings. The number of aromatic nitrogens is 2. The molecule has 150 valence electrons. The van der Waals surface area contributed by atoms with Crippen molar-refractivity contribution in [2.75, 3.05) is 13.2 Å². The monoisotopic (exact) mass is 405 g/mol. The van der Waals surface area contributed by atoms with E-state index in [-0.39, 0.29) is 24.3 Å². The molecule has 0 N–H and O–H groups in total. The highest BCUT2D eigenvalue weighted by atomic mass is 35.5. The topological polar surface area (TPSA) is 73.8 Å². The van der Waals surface area contributed by atoms with E-state index in [1.54, 1.807) is 17.2 Å². The van der Waals surface area contributed by atoms with E-state index < -0.39 is 5.60 Å². The first-order chi connectivity index (χ1) is 13.3. The lowest BCUT2D eigenvalue weighted by Crippen LogP contribution is -2.55. The van der Waals surface area contributed by atoms with E-state index in [0.29, 0.717) is 24.2 Å². The molecule has 1 aliphatic heterocycles. The number of ether oxygens (including phenoxy) is 3. The summed E-state index contributed by atoms with van der Waals surface area (Å²) in [5.74, 6) is 0.444. The largest absolute Gasteiger partial charge is 0.471 e. The van der Waals surface area contributed by atoms with E-state index in [2.05, 4.69) is 9.97 Å². The van der Waals surface area contributed by atoms with Gasteiger partial charge in [-0.15, -0.1) is 0 Å². The molecule has 7 nitrogen and oxygen atoms in total. The van der Waals surface area contributed by atoms with Crippen molar-refractivity contribution in [3.8, 4) is 5.88 Å². The molecule has 0 bridgehead atoms. The van der Waals surface area contributed by atoms with Crippen LogP contribution in [-0.2, 0) is 9.47 Å². The lowest BCUT2D eigenvalue weighted by atomic mass is 10.1. The Bertz CT molecular complexity index is 885. The molecule has 2 aliphatic rings. The number of rotatable bonds is 2. The number of hydrogen-bond donors (Lipinski definition) is 0. The summed E-state index contributed by atoms with van der Waals surface area (Å²) in [5, 5.41) is 1.13. The molecule has 0 aromatic carbocycles. The molecule has 1 amide bonds. The lowest BCUT2D eigenvalue weighted by Gasteiger charge is -2.39. The smallest absolute Gasteiger partial charge is 0.410 e. The van der Waals surface area contributed by atoms with Crippen LogP contribution in [0.15, 0.2) is 24.4 Å². The van der Waals surface area contributed by atoms with Crippen LogP contribution in [0.3, 0.4) is 0 Å². The van der Waals surface area contributed by atoms with Crippen molar-refractivity contribution < 1.29 is 19.0 Å². The van der Waals surface area contributed by atoms with E-state index in [4.69, 9.17) is 25.8 Å². The number of nitrogens with zero attached hydrogens (tertiary/aromatic N) is 3. The van der Waals surface area contributed by atoms with Crippen molar-refractivity contribution in [2.45, 2.75) is 57.5 Å². The number of amides is 1. The number of carbonyl (C=O) groups is 1. The standard InChI is InChI=1S/C20H24ClN3O4/c1-20(2,3)28-19(25)24-9-10-26-17-14(24)6-7-15(17)27-18-12-5-4-8-22-13(12)11-16(21)23-18/h4-5,8,11,14-15,17H,6-7,9-10H2,1-3H3/t14?,15-,17-/m0/s1. The molecule has 2 aromatic rings. The van der Waals surface area contributed by atoms with Gasteiger partial charge >= 0.3 is 6.09 Å². The number of pyridine rings is 2. The summed E-state index contributed by atoms with van der Waals surface area (Å²) in [4.78, 5) is 23.1. The molecule has 2 aromatic heterocycles. The Kier molecular flexibility index (Phi) is 5.05. The maximum absolute atomic E-state index is 12.6. The Morgan fingerprint density at radius 1 is 1.36 bits per heavy atom. The summed E-state index contributed by atoms with van der Waals surface area (Å²) in [6.07, 6.45) is 2.49. The Morgan fingerprint density at radius 3 is 2.96 bits per heavy atom. The molecular formula is C20H24ClN3O4. The highest BCUT2D eigenvalue weighted by Gasteiger charge is 2.47. The lowest BCUT2D eigenvalue weighted by molar-refractivity contribution is -0.0905. The zero-order valence-electron chi connectivity index (χ0n) is 16.2. The van der Waals surface area contributed by atoms with Crippen LogP contribution in [0.4, 0.5) is 4.79 Å². The quantitative estimate of drug-likeness (QED) is 0.707. The van der Waals surface area contributed by atoms with E-state index in [1.807, 2.05) is 32.9 Å². The molecule has 28 heavy (non-hydrogen) atoms. The number of carbonyl (C=O) groups excluding carboxylic acids is 1. The third kappa shape index (κ3) is 3.86. The summed E-state index contributed by atoms with van der Waals surface area (Å²) in [6.45, 7) is 6.57. The van der Waals surface area contributed by atoms with Crippen LogP contribution < -0.4 is 4.74 Å². The van der Waals surface area contributed by atoms with Crippen LogP contribution in [0.5, 0.6) is 5.88 Å². The van der Waals surface area contributed by atoms with E-state index in [0.717, 1.165) is 23.7 Å². The average molecular weight is 406 g/mol. The van der Waals surface area contributed by atoms with Gasteiger partial charge in [-0.25, -0.2) is 9.78 Å². The highest BCUT2D eigenvalue weighted by molar-refractivity contribution is 6.30. The van der Waals surface area contributed by atoms with Gasteiger partial charge in [-0.3, -0.25) is 4.98 Å². The summed E-state index contributed by atoms with van der Waals surface area (Å²) >= 11 is 6.14. The molecule has 1 unspecified atom stereocenters. The van der Waals surface area contributed by atoms with E-state index in [1.165, 1.54) is 0 Å². The van der Waals surface area contributed by atoms with Gasteiger partial charge < -0.3 is 19.1 Å². The maximum atomic E-state index is 12.6. The summed E-state index contributed by atoms with van der Waals surface area (Å²) in [5.41, 5.74) is 0.197. The van der Waals surface area contributed by atoms with Crippen LogP contribution in [0.2, 0.25) is 5.15 Å². The molecule has 4 rings (SSSR count). The number of morpholine rings is 1. The van der Waals surface area contributed by atoms with Crippen molar-refractivity contribution >= 4 is 28.6 Å². The second kappa shape index (κ2) is 7.37. The SMILES string of the molecule is CC(C)(C)OC(=O)N1CCO[C@H]2C1CC[C@@H]2Oc1nc(Cl)cc2ncccc12. The Balaban J connectivity index is 1.54. The van der Waals surface area contributed by atoms with Gasteiger partial charge in [0.2, 0.25) is 5.88 Å². The summed E-state index contributed by atoms with van der Waals surface area (Å²) < 4.78 is 17.8. The molecular weight excluding hydrogens is 382 g/mol.